The molecule has 1 heterocycles. The number of hydrogen-bond acceptors (Lipinski definition) is 5. The van der Waals surface area contributed by atoms with Gasteiger partial charge >= 0.3 is 5.69 Å². The van der Waals surface area contributed by atoms with Crippen molar-refractivity contribution in [1.82, 2.24) is 9.78 Å². The zero-order chi connectivity index (χ0) is 11.7. The minimum atomic E-state index is -0.516. The number of rotatable bonds is 4. The molecule has 1 aromatic rings. The van der Waals surface area contributed by atoms with Crippen LogP contribution in [-0.4, -0.2) is 27.4 Å². The van der Waals surface area contributed by atoms with Crippen molar-refractivity contribution in [2.75, 3.05) is 12.3 Å². The van der Waals surface area contributed by atoms with Gasteiger partial charge in [-0.05, 0) is 19.8 Å². The molecule has 0 atom stereocenters. The van der Waals surface area contributed by atoms with E-state index in [1.165, 1.54) is 10.9 Å². The molecule has 1 saturated carbocycles. The lowest BCUT2D eigenvalue weighted by atomic mass is 9.89. The SMILES string of the molecule is CCOC1CC(n2ncc([N+](=O)[O-])c2N)C1. The second kappa shape index (κ2) is 4.09. The van der Waals surface area contributed by atoms with E-state index >= 15 is 0 Å². The van der Waals surface area contributed by atoms with Crippen LogP contribution in [-0.2, 0) is 4.74 Å². The molecule has 0 radical (unpaired) electrons. The minimum Gasteiger partial charge on any atom is -0.378 e. The highest BCUT2D eigenvalue weighted by Crippen LogP contribution is 2.37. The lowest BCUT2D eigenvalue weighted by Gasteiger charge is -2.35. The minimum absolute atomic E-state index is 0.125. The van der Waals surface area contributed by atoms with Crippen LogP contribution in [0.1, 0.15) is 25.8 Å². The molecule has 1 aromatic heterocycles. The summed E-state index contributed by atoms with van der Waals surface area (Å²) in [6.45, 7) is 2.63. The van der Waals surface area contributed by atoms with Crippen LogP contribution in [0, 0.1) is 10.1 Å². The molecule has 0 amide bonds. The topological polar surface area (TPSA) is 96.2 Å². The first-order valence-electron chi connectivity index (χ1n) is 5.22. The number of nitrogens with zero attached hydrogens (tertiary/aromatic N) is 3. The van der Waals surface area contributed by atoms with Crippen LogP contribution in [0.2, 0.25) is 0 Å². The first kappa shape index (κ1) is 10.9. The van der Waals surface area contributed by atoms with Crippen LogP contribution in [0.4, 0.5) is 11.5 Å². The third-order valence-electron chi connectivity index (χ3n) is 2.83. The second-order valence-corrected chi connectivity index (χ2v) is 3.82. The second-order valence-electron chi connectivity index (χ2n) is 3.82. The molecule has 16 heavy (non-hydrogen) atoms. The van der Waals surface area contributed by atoms with Crippen molar-refractivity contribution in [3.05, 3.63) is 16.3 Å². The van der Waals surface area contributed by atoms with E-state index in [0.717, 1.165) is 12.8 Å². The average Bonchev–Trinajstić information content (AvgIpc) is 2.53. The molecule has 0 aliphatic heterocycles. The van der Waals surface area contributed by atoms with Crippen molar-refractivity contribution < 1.29 is 9.66 Å². The van der Waals surface area contributed by atoms with E-state index < -0.39 is 4.92 Å². The first-order valence-corrected chi connectivity index (χ1v) is 5.22. The average molecular weight is 226 g/mol. The van der Waals surface area contributed by atoms with E-state index in [1.807, 2.05) is 6.92 Å². The molecule has 0 spiro atoms. The summed E-state index contributed by atoms with van der Waals surface area (Å²) >= 11 is 0. The molecule has 88 valence electrons. The molecular weight excluding hydrogens is 212 g/mol. The Morgan fingerprint density at radius 2 is 2.44 bits per heavy atom. The van der Waals surface area contributed by atoms with Crippen molar-refractivity contribution in [3.63, 3.8) is 0 Å². The number of aromatic nitrogens is 2. The fourth-order valence-corrected chi connectivity index (χ4v) is 1.90. The summed E-state index contributed by atoms with van der Waals surface area (Å²) in [7, 11) is 0. The van der Waals surface area contributed by atoms with E-state index in [4.69, 9.17) is 10.5 Å². The maximum atomic E-state index is 10.6. The number of ether oxygens (including phenoxy) is 1. The highest BCUT2D eigenvalue weighted by Gasteiger charge is 2.34. The Labute approximate surface area is 92.3 Å². The van der Waals surface area contributed by atoms with Crippen LogP contribution >= 0.6 is 0 Å². The Bertz CT molecular complexity index is 397. The third-order valence-corrected chi connectivity index (χ3v) is 2.83. The van der Waals surface area contributed by atoms with E-state index in [2.05, 4.69) is 5.10 Å². The van der Waals surface area contributed by atoms with Gasteiger partial charge in [-0.3, -0.25) is 10.1 Å². The fourth-order valence-electron chi connectivity index (χ4n) is 1.90. The van der Waals surface area contributed by atoms with Gasteiger partial charge < -0.3 is 10.5 Å². The summed E-state index contributed by atoms with van der Waals surface area (Å²) in [5, 5.41) is 14.5. The van der Waals surface area contributed by atoms with Gasteiger partial charge in [-0.25, -0.2) is 4.68 Å². The predicted molar refractivity (Wildman–Crippen MR) is 57.0 cm³/mol. The Morgan fingerprint density at radius 1 is 1.75 bits per heavy atom. The predicted octanol–water partition coefficient (Wildman–Crippen LogP) is 1.11. The molecule has 1 aliphatic carbocycles. The molecule has 2 rings (SSSR count). The smallest absolute Gasteiger partial charge is 0.330 e. The number of anilines is 1. The fraction of sp³-hybridized carbons (Fsp3) is 0.667. The monoisotopic (exact) mass is 226 g/mol. The van der Waals surface area contributed by atoms with Gasteiger partial charge in [-0.1, -0.05) is 0 Å². The maximum absolute atomic E-state index is 10.6. The summed E-state index contributed by atoms with van der Waals surface area (Å²) in [6, 6.07) is 0.130. The number of hydrogen-bond donors (Lipinski definition) is 1. The Kier molecular flexibility index (Phi) is 2.78. The lowest BCUT2D eigenvalue weighted by Crippen LogP contribution is -2.34. The van der Waals surface area contributed by atoms with E-state index in [0.29, 0.717) is 6.61 Å². The Morgan fingerprint density at radius 3 is 2.94 bits per heavy atom. The normalized spacial score (nSPS) is 24.1. The first-order chi connectivity index (χ1) is 7.63. The molecule has 1 aliphatic rings. The third kappa shape index (κ3) is 1.73. The molecule has 7 heteroatoms. The van der Waals surface area contributed by atoms with Crippen LogP contribution in [0.15, 0.2) is 6.20 Å². The molecule has 7 nitrogen and oxygen atoms in total. The molecular formula is C9H14N4O3. The number of nitro groups is 1. The van der Waals surface area contributed by atoms with Gasteiger partial charge in [0.25, 0.3) is 0 Å². The van der Waals surface area contributed by atoms with Crippen molar-refractivity contribution in [1.29, 1.82) is 0 Å². The molecule has 0 aromatic carbocycles. The number of nitrogens with two attached hydrogens (primary N) is 1. The zero-order valence-corrected chi connectivity index (χ0v) is 9.00. The van der Waals surface area contributed by atoms with Crippen molar-refractivity contribution in [3.8, 4) is 0 Å². The lowest BCUT2D eigenvalue weighted by molar-refractivity contribution is -0.384. The van der Waals surface area contributed by atoms with Gasteiger partial charge in [0.05, 0.1) is 17.1 Å². The Hall–Kier alpha value is -1.63. The van der Waals surface area contributed by atoms with E-state index in [-0.39, 0.29) is 23.7 Å². The summed E-state index contributed by atoms with van der Waals surface area (Å²) in [5.41, 5.74) is 5.53. The van der Waals surface area contributed by atoms with Crippen LogP contribution in [0.25, 0.3) is 0 Å². The van der Waals surface area contributed by atoms with Crippen LogP contribution < -0.4 is 5.73 Å². The molecule has 2 N–H and O–H groups in total. The molecule has 0 saturated heterocycles. The Balaban J connectivity index is 2.04. The van der Waals surface area contributed by atoms with Gasteiger partial charge in [0.15, 0.2) is 0 Å². The van der Waals surface area contributed by atoms with Gasteiger partial charge in [-0.15, -0.1) is 0 Å². The number of nitrogen functional groups attached to an aromatic ring is 1. The summed E-state index contributed by atoms with van der Waals surface area (Å²) in [4.78, 5) is 10.1. The zero-order valence-electron chi connectivity index (χ0n) is 9.00. The molecule has 1 fully saturated rings. The maximum Gasteiger partial charge on any atom is 0.330 e. The van der Waals surface area contributed by atoms with E-state index in [9.17, 15) is 10.1 Å². The van der Waals surface area contributed by atoms with Gasteiger partial charge in [0.1, 0.15) is 6.20 Å². The molecule has 0 unspecified atom stereocenters. The van der Waals surface area contributed by atoms with Crippen molar-refractivity contribution in [2.45, 2.75) is 31.9 Å². The van der Waals surface area contributed by atoms with Gasteiger partial charge in [0, 0.05) is 6.61 Å². The van der Waals surface area contributed by atoms with Crippen molar-refractivity contribution in [2.24, 2.45) is 0 Å². The summed E-state index contributed by atoms with van der Waals surface area (Å²) < 4.78 is 6.93. The van der Waals surface area contributed by atoms with Gasteiger partial charge in [-0.2, -0.15) is 5.10 Å². The van der Waals surface area contributed by atoms with Crippen LogP contribution in [0.3, 0.4) is 0 Å². The van der Waals surface area contributed by atoms with Gasteiger partial charge in [0.2, 0.25) is 5.82 Å². The summed E-state index contributed by atoms with van der Waals surface area (Å²) in [6.07, 6.45) is 3.06. The highest BCUT2D eigenvalue weighted by molar-refractivity contribution is 5.51. The highest BCUT2D eigenvalue weighted by atomic mass is 16.6. The van der Waals surface area contributed by atoms with Crippen LogP contribution in [0.5, 0.6) is 0 Å². The standard InChI is InChI=1S/C9H14N4O3/c1-2-16-7-3-6(4-7)12-9(10)8(5-11-12)13(14)15/h5-7H,2-4,10H2,1H3. The summed E-state index contributed by atoms with van der Waals surface area (Å²) in [5.74, 6) is 0.130. The quantitative estimate of drug-likeness (QED) is 0.612. The molecule has 0 bridgehead atoms. The van der Waals surface area contributed by atoms with Crippen molar-refractivity contribution >= 4 is 11.5 Å². The van der Waals surface area contributed by atoms with E-state index in [1.54, 1.807) is 0 Å². The largest absolute Gasteiger partial charge is 0.378 e.